The molecule has 1 aromatic carbocycles. The molecule has 0 amide bonds. The van der Waals surface area contributed by atoms with Crippen LogP contribution in [0.1, 0.15) is 18.4 Å². The number of rotatable bonds is 7. The number of halogens is 1. The zero-order chi connectivity index (χ0) is 13.4. The van der Waals surface area contributed by atoms with E-state index in [4.69, 9.17) is 16.3 Å². The maximum atomic E-state index is 10.3. The third-order valence-electron chi connectivity index (χ3n) is 2.09. The minimum absolute atomic E-state index is 0.335. The van der Waals surface area contributed by atoms with E-state index in [9.17, 15) is 14.9 Å². The van der Waals surface area contributed by atoms with Crippen molar-refractivity contribution in [3.63, 3.8) is 0 Å². The van der Waals surface area contributed by atoms with Gasteiger partial charge in [-0.15, -0.1) is 0 Å². The van der Waals surface area contributed by atoms with Gasteiger partial charge in [-0.25, -0.2) is 0 Å². The van der Waals surface area contributed by atoms with Crippen molar-refractivity contribution in [3.8, 4) is 5.75 Å². The number of benzene rings is 1. The highest BCUT2D eigenvalue weighted by Gasteiger charge is 2.07. The third-order valence-corrected chi connectivity index (χ3v) is 2.38. The molecule has 0 bridgehead atoms. The summed E-state index contributed by atoms with van der Waals surface area (Å²) in [6.45, 7) is 0.335. The Bertz CT molecular complexity index is 459. The first-order valence-electron chi connectivity index (χ1n) is 5.32. The number of hydrogen-bond acceptors (Lipinski definition) is 4. The van der Waals surface area contributed by atoms with Crippen LogP contribution in [0.15, 0.2) is 24.4 Å². The second-order valence-corrected chi connectivity index (χ2v) is 3.82. The van der Waals surface area contributed by atoms with Gasteiger partial charge >= 0.3 is 0 Å². The van der Waals surface area contributed by atoms with E-state index >= 15 is 0 Å². The van der Waals surface area contributed by atoms with Crippen LogP contribution in [0.3, 0.4) is 0 Å². The quantitative estimate of drug-likeness (QED) is 0.330. The Morgan fingerprint density at radius 3 is 2.89 bits per heavy atom. The van der Waals surface area contributed by atoms with Crippen LogP contribution >= 0.6 is 11.6 Å². The predicted octanol–water partition coefficient (Wildman–Crippen LogP) is 2.95. The molecule has 0 atom stereocenters. The average Bonchev–Trinajstić information content (AvgIpc) is 2.34. The Morgan fingerprint density at radius 1 is 1.44 bits per heavy atom. The third kappa shape index (κ3) is 4.55. The lowest BCUT2D eigenvalue weighted by Gasteiger charge is -2.09. The van der Waals surface area contributed by atoms with Gasteiger partial charge in [-0.1, -0.05) is 23.7 Å². The van der Waals surface area contributed by atoms with E-state index in [0.717, 1.165) is 12.5 Å². The second kappa shape index (κ2) is 7.45. The van der Waals surface area contributed by atoms with E-state index in [1.807, 2.05) is 0 Å². The molecule has 0 N–H and O–H groups in total. The molecule has 0 spiro atoms. The smallest absolute Gasteiger partial charge is 0.235 e. The molecule has 6 heteroatoms. The summed E-state index contributed by atoms with van der Waals surface area (Å²) in [6.07, 6.45) is 3.94. The van der Waals surface area contributed by atoms with Gasteiger partial charge in [0.2, 0.25) is 6.20 Å². The molecule has 0 radical (unpaired) electrons. The lowest BCUT2D eigenvalue weighted by Crippen LogP contribution is -2.00. The number of hydrogen-bond donors (Lipinski definition) is 0. The summed E-state index contributed by atoms with van der Waals surface area (Å²) >= 11 is 5.96. The Hall–Kier alpha value is -1.88. The highest BCUT2D eigenvalue weighted by atomic mass is 35.5. The summed E-state index contributed by atoms with van der Waals surface area (Å²) in [7, 11) is 0. The van der Waals surface area contributed by atoms with Crippen LogP contribution in [0, 0.1) is 10.1 Å². The van der Waals surface area contributed by atoms with Crippen LogP contribution in [0.2, 0.25) is 5.02 Å². The lowest BCUT2D eigenvalue weighted by molar-refractivity contribution is -0.400. The van der Waals surface area contributed by atoms with Gasteiger partial charge in [-0.3, -0.25) is 10.1 Å². The summed E-state index contributed by atoms with van der Waals surface area (Å²) in [4.78, 5) is 19.9. The number of nitrogens with zero attached hydrogens (tertiary/aromatic N) is 1. The van der Waals surface area contributed by atoms with Gasteiger partial charge in [0, 0.05) is 18.1 Å². The fourth-order valence-electron chi connectivity index (χ4n) is 1.29. The van der Waals surface area contributed by atoms with Gasteiger partial charge in [-0.2, -0.15) is 0 Å². The molecule has 0 saturated carbocycles. The Kier molecular flexibility index (Phi) is 5.87. The number of para-hydroxylation sites is 1. The zero-order valence-corrected chi connectivity index (χ0v) is 10.3. The molecular weight excluding hydrogens is 258 g/mol. The molecule has 0 aromatic heterocycles. The van der Waals surface area contributed by atoms with Crippen molar-refractivity contribution in [3.05, 3.63) is 45.1 Å². The fourth-order valence-corrected chi connectivity index (χ4v) is 1.53. The normalized spacial score (nSPS) is 10.5. The Labute approximate surface area is 109 Å². The number of carbonyl (C=O) groups is 1. The molecule has 0 aliphatic heterocycles. The van der Waals surface area contributed by atoms with E-state index in [1.165, 1.54) is 6.08 Å². The number of ether oxygens (including phenoxy) is 1. The number of unbranched alkanes of at least 4 members (excludes halogenated alkanes) is 1. The van der Waals surface area contributed by atoms with Crippen LogP contribution in [0.4, 0.5) is 0 Å². The zero-order valence-electron chi connectivity index (χ0n) is 9.54. The standard InChI is InChI=1S/C12H12ClNO4/c13-11-5-3-4-10(6-7-14(16)17)12(11)18-9-2-1-8-15/h3-8H,1-2,9H2/b7-6+. The minimum Gasteiger partial charge on any atom is -0.491 e. The monoisotopic (exact) mass is 269 g/mol. The number of carbonyl (C=O) groups excluding carboxylic acids is 1. The van der Waals surface area contributed by atoms with Crippen molar-refractivity contribution in [1.82, 2.24) is 0 Å². The molecule has 0 aliphatic carbocycles. The summed E-state index contributed by atoms with van der Waals surface area (Å²) in [5, 5.41) is 10.7. The molecule has 0 fully saturated rings. The van der Waals surface area contributed by atoms with Crippen LogP contribution in [0.5, 0.6) is 5.75 Å². The van der Waals surface area contributed by atoms with Crippen LogP contribution in [-0.4, -0.2) is 17.8 Å². The van der Waals surface area contributed by atoms with Crippen molar-refractivity contribution < 1.29 is 14.5 Å². The summed E-state index contributed by atoms with van der Waals surface area (Å²) < 4.78 is 5.44. The van der Waals surface area contributed by atoms with Gasteiger partial charge in [0.05, 0.1) is 16.6 Å². The lowest BCUT2D eigenvalue weighted by atomic mass is 10.2. The first-order chi connectivity index (χ1) is 8.65. The van der Waals surface area contributed by atoms with E-state index in [2.05, 4.69) is 0 Å². The Morgan fingerprint density at radius 2 is 2.22 bits per heavy atom. The van der Waals surface area contributed by atoms with E-state index in [0.29, 0.717) is 35.8 Å². The molecular formula is C12H12ClNO4. The largest absolute Gasteiger partial charge is 0.491 e. The molecule has 0 unspecified atom stereocenters. The topological polar surface area (TPSA) is 69.4 Å². The van der Waals surface area contributed by atoms with Crippen LogP contribution in [-0.2, 0) is 4.79 Å². The molecule has 0 heterocycles. The number of nitro groups is 1. The summed E-state index contributed by atoms with van der Waals surface area (Å²) in [5.41, 5.74) is 0.533. The molecule has 1 rings (SSSR count). The van der Waals surface area contributed by atoms with Gasteiger partial charge in [0.1, 0.15) is 12.0 Å². The van der Waals surface area contributed by atoms with Gasteiger partial charge in [0.25, 0.3) is 0 Å². The van der Waals surface area contributed by atoms with E-state index in [1.54, 1.807) is 18.2 Å². The number of aldehydes is 1. The first kappa shape index (κ1) is 14.2. The highest BCUT2D eigenvalue weighted by molar-refractivity contribution is 6.32. The van der Waals surface area contributed by atoms with Gasteiger partial charge < -0.3 is 9.53 Å². The van der Waals surface area contributed by atoms with Crippen molar-refractivity contribution >= 4 is 24.0 Å². The average molecular weight is 270 g/mol. The van der Waals surface area contributed by atoms with Crippen molar-refractivity contribution in [1.29, 1.82) is 0 Å². The minimum atomic E-state index is -0.558. The van der Waals surface area contributed by atoms with Crippen molar-refractivity contribution in [2.75, 3.05) is 6.61 Å². The summed E-state index contributed by atoms with van der Waals surface area (Å²) in [5.74, 6) is 0.392. The maximum Gasteiger partial charge on any atom is 0.235 e. The SMILES string of the molecule is O=CCCCOc1c(Cl)cccc1/C=C/[N+](=O)[O-]. The van der Waals surface area contributed by atoms with Crippen LogP contribution in [0.25, 0.3) is 6.08 Å². The van der Waals surface area contributed by atoms with Gasteiger partial charge in [0.15, 0.2) is 0 Å². The maximum absolute atomic E-state index is 10.3. The molecule has 0 saturated heterocycles. The second-order valence-electron chi connectivity index (χ2n) is 3.42. The summed E-state index contributed by atoms with van der Waals surface area (Å²) in [6, 6.07) is 4.99. The van der Waals surface area contributed by atoms with E-state index in [-0.39, 0.29) is 0 Å². The van der Waals surface area contributed by atoms with Gasteiger partial charge in [-0.05, 0) is 12.5 Å². The molecule has 96 valence electrons. The predicted molar refractivity (Wildman–Crippen MR) is 68.3 cm³/mol. The van der Waals surface area contributed by atoms with Crippen LogP contribution < -0.4 is 4.74 Å². The van der Waals surface area contributed by atoms with Crippen molar-refractivity contribution in [2.45, 2.75) is 12.8 Å². The fraction of sp³-hybridized carbons (Fsp3) is 0.250. The molecule has 1 aromatic rings. The first-order valence-corrected chi connectivity index (χ1v) is 5.69. The Balaban J connectivity index is 2.80. The molecule has 0 aliphatic rings. The highest BCUT2D eigenvalue weighted by Crippen LogP contribution is 2.29. The van der Waals surface area contributed by atoms with Crippen molar-refractivity contribution in [2.24, 2.45) is 0 Å². The molecule has 18 heavy (non-hydrogen) atoms. The van der Waals surface area contributed by atoms with E-state index < -0.39 is 4.92 Å². The molecule has 5 nitrogen and oxygen atoms in total.